The largest absolute Gasteiger partial charge is 0.422 e. The standard InChI is InChI=1S/C20H23NO5S/c1-14-11-15(2)19(16(3)12-14)26-20(22)17-5-4-6-18(13-17)27(23,24)21-7-9-25-10-8-21/h4-6,11-13H,7-10H2,1-3H3. The maximum Gasteiger partial charge on any atom is 0.343 e. The molecule has 1 heterocycles. The van der Waals surface area contributed by atoms with Crippen molar-refractivity contribution in [2.75, 3.05) is 26.3 Å². The lowest BCUT2D eigenvalue weighted by Crippen LogP contribution is -2.40. The molecule has 0 aliphatic carbocycles. The highest BCUT2D eigenvalue weighted by atomic mass is 32.2. The molecule has 0 unspecified atom stereocenters. The maximum atomic E-state index is 12.8. The van der Waals surface area contributed by atoms with Gasteiger partial charge in [-0.05, 0) is 50.1 Å². The van der Waals surface area contributed by atoms with E-state index >= 15 is 0 Å². The van der Waals surface area contributed by atoms with Crippen LogP contribution in [0.2, 0.25) is 0 Å². The van der Waals surface area contributed by atoms with Gasteiger partial charge in [0.25, 0.3) is 0 Å². The Bertz CT molecular complexity index is 939. The van der Waals surface area contributed by atoms with Gasteiger partial charge in [0, 0.05) is 13.1 Å². The first-order valence-electron chi connectivity index (χ1n) is 8.77. The van der Waals surface area contributed by atoms with Crippen LogP contribution in [0.15, 0.2) is 41.3 Å². The number of morpholine rings is 1. The zero-order chi connectivity index (χ0) is 19.6. The average molecular weight is 389 g/mol. The molecule has 0 amide bonds. The molecule has 0 spiro atoms. The Morgan fingerprint density at radius 2 is 1.67 bits per heavy atom. The van der Waals surface area contributed by atoms with E-state index in [1.165, 1.54) is 16.4 Å². The van der Waals surface area contributed by atoms with E-state index in [4.69, 9.17) is 9.47 Å². The van der Waals surface area contributed by atoms with E-state index in [0.29, 0.717) is 32.1 Å². The second-order valence-corrected chi connectivity index (χ2v) is 8.60. The fourth-order valence-corrected chi connectivity index (χ4v) is 4.65. The van der Waals surface area contributed by atoms with Crippen molar-refractivity contribution in [1.82, 2.24) is 4.31 Å². The van der Waals surface area contributed by atoms with Gasteiger partial charge in [-0.3, -0.25) is 0 Å². The zero-order valence-electron chi connectivity index (χ0n) is 15.7. The van der Waals surface area contributed by atoms with Crippen LogP contribution >= 0.6 is 0 Å². The van der Waals surface area contributed by atoms with Crippen LogP contribution in [0.5, 0.6) is 5.75 Å². The molecule has 144 valence electrons. The van der Waals surface area contributed by atoms with Gasteiger partial charge in [0.05, 0.1) is 23.7 Å². The summed E-state index contributed by atoms with van der Waals surface area (Å²) >= 11 is 0. The van der Waals surface area contributed by atoms with Crippen LogP contribution in [0.25, 0.3) is 0 Å². The number of ether oxygens (including phenoxy) is 2. The lowest BCUT2D eigenvalue weighted by molar-refractivity contribution is 0.0726. The molecule has 0 saturated carbocycles. The third kappa shape index (κ3) is 4.21. The minimum Gasteiger partial charge on any atom is -0.422 e. The summed E-state index contributed by atoms with van der Waals surface area (Å²) < 4.78 is 37.7. The highest BCUT2D eigenvalue weighted by Crippen LogP contribution is 2.26. The average Bonchev–Trinajstić information content (AvgIpc) is 2.65. The van der Waals surface area contributed by atoms with Crippen molar-refractivity contribution in [1.29, 1.82) is 0 Å². The maximum absolute atomic E-state index is 12.8. The summed E-state index contributed by atoms with van der Waals surface area (Å²) in [6.07, 6.45) is 0. The first-order valence-corrected chi connectivity index (χ1v) is 10.2. The lowest BCUT2D eigenvalue weighted by atomic mass is 10.1. The molecular formula is C20H23NO5S. The van der Waals surface area contributed by atoms with Crippen LogP contribution in [0.4, 0.5) is 0 Å². The number of hydrogen-bond acceptors (Lipinski definition) is 5. The predicted molar refractivity (Wildman–Crippen MR) is 102 cm³/mol. The number of carbonyl (C=O) groups excluding carboxylic acids is 1. The van der Waals surface area contributed by atoms with Crippen molar-refractivity contribution in [3.05, 3.63) is 58.7 Å². The summed E-state index contributed by atoms with van der Waals surface area (Å²) in [5.74, 6) is -0.0730. The van der Waals surface area contributed by atoms with Crippen molar-refractivity contribution in [2.24, 2.45) is 0 Å². The molecule has 27 heavy (non-hydrogen) atoms. The van der Waals surface area contributed by atoms with Gasteiger partial charge >= 0.3 is 5.97 Å². The topological polar surface area (TPSA) is 72.9 Å². The van der Waals surface area contributed by atoms with E-state index in [-0.39, 0.29) is 10.5 Å². The van der Waals surface area contributed by atoms with Crippen molar-refractivity contribution in [3.8, 4) is 5.75 Å². The van der Waals surface area contributed by atoms with E-state index in [1.807, 2.05) is 32.9 Å². The fourth-order valence-electron chi connectivity index (χ4n) is 3.20. The summed E-state index contributed by atoms with van der Waals surface area (Å²) in [6, 6.07) is 9.85. The second kappa shape index (κ2) is 7.80. The first kappa shape index (κ1) is 19.5. The van der Waals surface area contributed by atoms with Gasteiger partial charge in [-0.1, -0.05) is 23.8 Å². The molecule has 0 atom stereocenters. The summed E-state index contributed by atoms with van der Waals surface area (Å²) in [4.78, 5) is 12.7. The van der Waals surface area contributed by atoms with Crippen LogP contribution in [0.1, 0.15) is 27.0 Å². The SMILES string of the molecule is Cc1cc(C)c(OC(=O)c2cccc(S(=O)(=O)N3CCOCC3)c2)c(C)c1. The number of nitrogens with zero attached hydrogens (tertiary/aromatic N) is 1. The van der Waals surface area contributed by atoms with Crippen molar-refractivity contribution >= 4 is 16.0 Å². The van der Waals surface area contributed by atoms with Crippen LogP contribution in [0, 0.1) is 20.8 Å². The predicted octanol–water partition coefficient (Wildman–Crippen LogP) is 2.85. The van der Waals surface area contributed by atoms with E-state index in [9.17, 15) is 13.2 Å². The molecular weight excluding hydrogens is 366 g/mol. The van der Waals surface area contributed by atoms with Crippen LogP contribution in [-0.2, 0) is 14.8 Å². The number of carbonyl (C=O) groups is 1. The van der Waals surface area contributed by atoms with Crippen LogP contribution in [0.3, 0.4) is 0 Å². The monoisotopic (exact) mass is 389 g/mol. The van der Waals surface area contributed by atoms with Crippen molar-refractivity contribution < 1.29 is 22.7 Å². The molecule has 1 aliphatic rings. The lowest BCUT2D eigenvalue weighted by Gasteiger charge is -2.26. The summed E-state index contributed by atoms with van der Waals surface area (Å²) in [6.45, 7) is 7.08. The molecule has 0 bridgehead atoms. The number of aryl methyl sites for hydroxylation is 3. The Hall–Kier alpha value is -2.22. The Morgan fingerprint density at radius 1 is 1.04 bits per heavy atom. The Labute approximate surface area is 159 Å². The van der Waals surface area contributed by atoms with E-state index < -0.39 is 16.0 Å². The number of rotatable bonds is 4. The highest BCUT2D eigenvalue weighted by Gasteiger charge is 2.27. The molecule has 0 N–H and O–H groups in total. The van der Waals surface area contributed by atoms with E-state index in [2.05, 4.69) is 0 Å². The van der Waals surface area contributed by atoms with Crippen LogP contribution in [-0.4, -0.2) is 45.0 Å². The quantitative estimate of drug-likeness (QED) is 0.594. The molecule has 2 aromatic rings. The molecule has 0 radical (unpaired) electrons. The Kier molecular flexibility index (Phi) is 5.64. The normalized spacial score (nSPS) is 15.5. The molecule has 7 heteroatoms. The molecule has 0 aromatic heterocycles. The zero-order valence-corrected chi connectivity index (χ0v) is 16.5. The fraction of sp³-hybridized carbons (Fsp3) is 0.350. The summed E-state index contributed by atoms with van der Waals surface area (Å²) in [7, 11) is -3.67. The molecule has 1 saturated heterocycles. The van der Waals surface area contributed by atoms with Gasteiger partial charge in [-0.15, -0.1) is 0 Å². The van der Waals surface area contributed by atoms with Gasteiger partial charge in [0.15, 0.2) is 0 Å². The summed E-state index contributed by atoms with van der Waals surface area (Å²) in [5.41, 5.74) is 3.00. The minimum absolute atomic E-state index is 0.0798. The highest BCUT2D eigenvalue weighted by molar-refractivity contribution is 7.89. The third-order valence-corrected chi connectivity index (χ3v) is 6.37. The first-order chi connectivity index (χ1) is 12.8. The van der Waals surface area contributed by atoms with Gasteiger partial charge in [-0.25, -0.2) is 13.2 Å². The number of benzene rings is 2. The molecule has 2 aromatic carbocycles. The number of hydrogen-bond donors (Lipinski definition) is 0. The van der Waals surface area contributed by atoms with Gasteiger partial charge in [0.1, 0.15) is 5.75 Å². The van der Waals surface area contributed by atoms with Gasteiger partial charge in [-0.2, -0.15) is 4.31 Å². The van der Waals surface area contributed by atoms with Crippen LogP contribution < -0.4 is 4.74 Å². The number of sulfonamides is 1. The van der Waals surface area contributed by atoms with Crippen molar-refractivity contribution in [2.45, 2.75) is 25.7 Å². The van der Waals surface area contributed by atoms with E-state index in [1.54, 1.807) is 12.1 Å². The van der Waals surface area contributed by atoms with Gasteiger partial charge in [0.2, 0.25) is 10.0 Å². The molecule has 1 aliphatic heterocycles. The summed E-state index contributed by atoms with van der Waals surface area (Å²) in [5, 5.41) is 0. The smallest absolute Gasteiger partial charge is 0.343 e. The second-order valence-electron chi connectivity index (χ2n) is 6.66. The number of esters is 1. The Morgan fingerprint density at radius 3 is 2.30 bits per heavy atom. The Balaban J connectivity index is 1.86. The molecule has 3 rings (SSSR count). The van der Waals surface area contributed by atoms with E-state index in [0.717, 1.165) is 16.7 Å². The molecule has 6 nitrogen and oxygen atoms in total. The van der Waals surface area contributed by atoms with Gasteiger partial charge < -0.3 is 9.47 Å². The molecule has 1 fully saturated rings. The minimum atomic E-state index is -3.67. The van der Waals surface area contributed by atoms with Crippen molar-refractivity contribution in [3.63, 3.8) is 0 Å². The third-order valence-electron chi connectivity index (χ3n) is 4.48.